The highest BCUT2D eigenvalue weighted by molar-refractivity contribution is 14.1. The lowest BCUT2D eigenvalue weighted by Crippen LogP contribution is -2.29. The van der Waals surface area contributed by atoms with Gasteiger partial charge in [-0.25, -0.2) is 9.59 Å². The second kappa shape index (κ2) is 11.7. The van der Waals surface area contributed by atoms with Crippen molar-refractivity contribution >= 4 is 58.0 Å². The van der Waals surface area contributed by atoms with E-state index in [9.17, 15) is 9.59 Å². The van der Waals surface area contributed by atoms with Gasteiger partial charge in [0, 0.05) is 0 Å². The second-order valence-corrected chi connectivity index (χ2v) is 7.86. The summed E-state index contributed by atoms with van der Waals surface area (Å²) >= 11 is 3.49. The normalized spacial score (nSPS) is 18.0. The summed E-state index contributed by atoms with van der Waals surface area (Å²) in [5.41, 5.74) is 0.886. The van der Waals surface area contributed by atoms with Gasteiger partial charge < -0.3 is 20.3 Å². The van der Waals surface area contributed by atoms with Crippen LogP contribution in [0.4, 0.5) is 0 Å². The van der Waals surface area contributed by atoms with E-state index >= 15 is 0 Å². The van der Waals surface area contributed by atoms with Crippen LogP contribution in [-0.4, -0.2) is 30.8 Å². The highest BCUT2D eigenvalue weighted by Crippen LogP contribution is 2.32. The van der Waals surface area contributed by atoms with E-state index < -0.39 is 5.97 Å². The van der Waals surface area contributed by atoms with E-state index in [1.165, 1.54) is 0 Å². The largest absolute Gasteiger partial charge is 0.494 e. The Labute approximate surface area is 209 Å². The average molecular weight is 652 g/mol. The molecule has 0 amide bonds. The van der Waals surface area contributed by atoms with E-state index in [2.05, 4.69) is 0 Å². The maximum Gasteiger partial charge on any atom is 0.338 e. The molecule has 0 unspecified atom stereocenters. The Balaban J connectivity index is 1.48. The van der Waals surface area contributed by atoms with Crippen LogP contribution < -0.4 is 10.9 Å². The summed E-state index contributed by atoms with van der Waals surface area (Å²) < 4.78 is 27.0. The third-order valence-corrected chi connectivity index (χ3v) is 5.86. The Morgan fingerprint density at radius 2 is 1.32 bits per heavy atom. The Morgan fingerprint density at radius 1 is 0.806 bits per heavy atom. The average Bonchev–Trinajstić information content (AvgIpc) is 2.80. The highest BCUT2D eigenvalue weighted by Gasteiger charge is 2.27. The lowest BCUT2D eigenvalue weighted by atomic mass is 9.95. The first kappa shape index (κ1) is 23.9. The van der Waals surface area contributed by atoms with E-state index in [1.54, 1.807) is 88.5 Å². The van der Waals surface area contributed by atoms with Gasteiger partial charge in [0.05, 0.1) is 17.7 Å². The highest BCUT2D eigenvalue weighted by atomic mass is 127. The molecule has 0 bridgehead atoms. The molecule has 9 heteroatoms. The molecule has 0 N–H and O–H groups in total. The maximum atomic E-state index is 12.5. The molecule has 3 rings (SSSR count). The van der Waals surface area contributed by atoms with Crippen LogP contribution in [0.15, 0.2) is 42.5 Å². The van der Waals surface area contributed by atoms with Crippen LogP contribution in [0, 0.1) is 0 Å². The van der Waals surface area contributed by atoms with Crippen LogP contribution >= 0.6 is 46.0 Å². The standard InChI is InChI=1S/C22H22I2O7/c1-2-27-16-6-3-14(4-7-16)21(25)28-17-8-10-18(11-9-17)29-22(26)15-5-12-19(30-23)20(13-15)31-24/h3-7,12-13,17-18H,2,8-11H2,1H3. The number of carbonyl (C=O) groups is 2. The van der Waals surface area contributed by atoms with Crippen LogP contribution in [0.1, 0.15) is 53.3 Å². The minimum absolute atomic E-state index is 0.187. The molecule has 0 spiro atoms. The van der Waals surface area contributed by atoms with Crippen molar-refractivity contribution in [2.75, 3.05) is 6.61 Å². The van der Waals surface area contributed by atoms with Gasteiger partial charge in [-0.05, 0) is 75.1 Å². The minimum atomic E-state index is -0.412. The van der Waals surface area contributed by atoms with Gasteiger partial charge in [-0.1, -0.05) is 0 Å². The predicted molar refractivity (Wildman–Crippen MR) is 130 cm³/mol. The Bertz CT molecular complexity index is 893. The monoisotopic (exact) mass is 652 g/mol. The zero-order chi connectivity index (χ0) is 22.2. The van der Waals surface area contributed by atoms with E-state index in [0.717, 1.165) is 5.75 Å². The van der Waals surface area contributed by atoms with Crippen molar-refractivity contribution in [2.24, 2.45) is 0 Å². The Kier molecular flexibility index (Phi) is 9.05. The van der Waals surface area contributed by atoms with Gasteiger partial charge in [0.1, 0.15) is 18.0 Å². The summed E-state index contributed by atoms with van der Waals surface area (Å²) in [7, 11) is 0. The van der Waals surface area contributed by atoms with Gasteiger partial charge in [0.25, 0.3) is 0 Å². The minimum Gasteiger partial charge on any atom is -0.494 e. The predicted octanol–water partition coefficient (Wildman–Crippen LogP) is 5.87. The molecule has 1 aliphatic carbocycles. The van der Waals surface area contributed by atoms with Gasteiger partial charge in [0.2, 0.25) is 0 Å². The summed E-state index contributed by atoms with van der Waals surface area (Å²) in [6.07, 6.45) is 2.16. The van der Waals surface area contributed by atoms with Gasteiger partial charge in [-0.15, -0.1) is 0 Å². The quantitative estimate of drug-likeness (QED) is 0.261. The summed E-state index contributed by atoms with van der Waals surface area (Å²) in [6, 6.07) is 11.8. The molecule has 0 radical (unpaired) electrons. The molecule has 0 atom stereocenters. The summed E-state index contributed by atoms with van der Waals surface area (Å²) in [5.74, 6) is 0.933. The van der Waals surface area contributed by atoms with E-state index in [-0.39, 0.29) is 18.2 Å². The number of carbonyl (C=O) groups excluding carboxylic acids is 2. The number of halogens is 2. The smallest absolute Gasteiger partial charge is 0.338 e. The van der Waals surface area contributed by atoms with Crippen molar-refractivity contribution in [3.8, 4) is 17.2 Å². The van der Waals surface area contributed by atoms with E-state index in [0.29, 0.717) is 54.9 Å². The molecule has 1 fully saturated rings. The van der Waals surface area contributed by atoms with Crippen LogP contribution in [0.3, 0.4) is 0 Å². The summed E-state index contributed by atoms with van der Waals surface area (Å²) in [5, 5.41) is 0. The van der Waals surface area contributed by atoms with Crippen molar-refractivity contribution < 1.29 is 29.9 Å². The third kappa shape index (κ3) is 6.61. The number of rotatable bonds is 8. The fourth-order valence-corrected chi connectivity index (χ4v) is 4.03. The lowest BCUT2D eigenvalue weighted by Gasteiger charge is -2.28. The first-order chi connectivity index (χ1) is 15.0. The molecular formula is C22H22I2O7. The molecule has 0 aromatic heterocycles. The molecule has 1 aliphatic rings. The van der Waals surface area contributed by atoms with Crippen LogP contribution in [0.2, 0.25) is 0 Å². The van der Waals surface area contributed by atoms with E-state index in [1.807, 2.05) is 6.92 Å². The molecule has 0 aliphatic heterocycles. The molecule has 31 heavy (non-hydrogen) atoms. The van der Waals surface area contributed by atoms with Crippen molar-refractivity contribution in [3.05, 3.63) is 53.6 Å². The van der Waals surface area contributed by atoms with Gasteiger partial charge in [0.15, 0.2) is 57.5 Å². The fraction of sp³-hybridized carbons (Fsp3) is 0.364. The molecule has 2 aromatic rings. The zero-order valence-corrected chi connectivity index (χ0v) is 21.2. The lowest BCUT2D eigenvalue weighted by molar-refractivity contribution is -0.0108. The molecule has 166 valence electrons. The SMILES string of the molecule is CCOc1ccc(C(=O)OC2CCC(OC(=O)c3ccc(OI)c(OI)c3)CC2)cc1. The van der Waals surface area contributed by atoms with Crippen LogP contribution in [0.25, 0.3) is 0 Å². The van der Waals surface area contributed by atoms with E-state index in [4.69, 9.17) is 20.3 Å². The number of benzene rings is 2. The maximum absolute atomic E-state index is 12.5. The number of esters is 2. The van der Waals surface area contributed by atoms with Crippen molar-refractivity contribution in [2.45, 2.75) is 44.8 Å². The Morgan fingerprint density at radius 3 is 1.84 bits per heavy atom. The number of ether oxygens (including phenoxy) is 3. The fourth-order valence-electron chi connectivity index (χ4n) is 3.32. The second-order valence-electron chi connectivity index (χ2n) is 6.98. The molecule has 1 saturated carbocycles. The molecule has 0 saturated heterocycles. The third-order valence-electron chi connectivity index (χ3n) is 4.92. The first-order valence-corrected chi connectivity index (χ1v) is 11.7. The van der Waals surface area contributed by atoms with Gasteiger partial charge >= 0.3 is 11.9 Å². The number of hydrogen-bond donors (Lipinski definition) is 0. The van der Waals surface area contributed by atoms with Gasteiger partial charge in [-0.3, -0.25) is 0 Å². The Hall–Kier alpha value is -1.76. The molecule has 7 nitrogen and oxygen atoms in total. The molecule has 2 aromatic carbocycles. The van der Waals surface area contributed by atoms with Crippen LogP contribution in [-0.2, 0) is 9.47 Å². The van der Waals surface area contributed by atoms with Crippen LogP contribution in [0.5, 0.6) is 17.2 Å². The summed E-state index contributed by atoms with van der Waals surface area (Å²) in [6.45, 7) is 2.48. The summed E-state index contributed by atoms with van der Waals surface area (Å²) in [4.78, 5) is 24.8. The van der Waals surface area contributed by atoms with Crippen molar-refractivity contribution in [3.63, 3.8) is 0 Å². The topological polar surface area (TPSA) is 80.3 Å². The molecular weight excluding hydrogens is 630 g/mol. The van der Waals surface area contributed by atoms with Crippen molar-refractivity contribution in [1.29, 1.82) is 0 Å². The first-order valence-electron chi connectivity index (χ1n) is 9.90. The van der Waals surface area contributed by atoms with Crippen molar-refractivity contribution in [1.82, 2.24) is 0 Å². The zero-order valence-electron chi connectivity index (χ0n) is 16.8. The molecule has 0 heterocycles. The number of hydrogen-bond acceptors (Lipinski definition) is 7. The van der Waals surface area contributed by atoms with Gasteiger partial charge in [-0.2, -0.15) is 0 Å².